The zero-order valence-electron chi connectivity index (χ0n) is 8.99. The summed E-state index contributed by atoms with van der Waals surface area (Å²) in [5.41, 5.74) is -0.777. The molecular weight excluding hydrogens is 254 g/mol. The first-order valence-corrected chi connectivity index (χ1v) is 5.28. The number of halogens is 3. The molecule has 17 heavy (non-hydrogen) atoms. The fourth-order valence-corrected chi connectivity index (χ4v) is 1.63. The molecule has 0 spiro atoms. The molecule has 0 saturated carbocycles. The Morgan fingerprint density at radius 2 is 2.18 bits per heavy atom. The van der Waals surface area contributed by atoms with E-state index < -0.39 is 24.1 Å². The van der Waals surface area contributed by atoms with Gasteiger partial charge in [-0.15, -0.1) is 0 Å². The van der Waals surface area contributed by atoms with Crippen molar-refractivity contribution in [3.63, 3.8) is 0 Å². The molecule has 0 aliphatic rings. The standard InChI is InChI=1S/C11H11ClF2O3/c1-2-17-11(16)9(15)6-4-3-5-7(12)8(6)10(13)14/h3-5,9-10,15H,2H2,1H3. The molecule has 1 aromatic carbocycles. The Morgan fingerprint density at radius 3 is 2.71 bits per heavy atom. The molecule has 6 heteroatoms. The molecule has 0 aromatic heterocycles. The fourth-order valence-electron chi connectivity index (χ4n) is 1.37. The van der Waals surface area contributed by atoms with Crippen LogP contribution in [0.1, 0.15) is 30.6 Å². The highest BCUT2D eigenvalue weighted by molar-refractivity contribution is 6.31. The lowest BCUT2D eigenvalue weighted by Crippen LogP contribution is -2.17. The molecule has 1 unspecified atom stereocenters. The van der Waals surface area contributed by atoms with E-state index in [4.69, 9.17) is 11.6 Å². The molecule has 1 rings (SSSR count). The second-order valence-electron chi connectivity index (χ2n) is 3.20. The minimum atomic E-state index is -2.87. The minimum Gasteiger partial charge on any atom is -0.464 e. The van der Waals surface area contributed by atoms with Crippen molar-refractivity contribution in [3.05, 3.63) is 34.3 Å². The van der Waals surface area contributed by atoms with Gasteiger partial charge in [-0.1, -0.05) is 23.7 Å². The first kappa shape index (κ1) is 13.9. The predicted molar refractivity (Wildman–Crippen MR) is 58.0 cm³/mol. The van der Waals surface area contributed by atoms with Gasteiger partial charge in [0.15, 0.2) is 6.10 Å². The lowest BCUT2D eigenvalue weighted by molar-refractivity contribution is -0.153. The normalized spacial score (nSPS) is 12.6. The highest BCUT2D eigenvalue weighted by Gasteiger charge is 2.26. The van der Waals surface area contributed by atoms with Gasteiger partial charge in [-0.25, -0.2) is 13.6 Å². The molecule has 1 atom stereocenters. The van der Waals surface area contributed by atoms with Crippen LogP contribution >= 0.6 is 11.6 Å². The second kappa shape index (κ2) is 5.93. The van der Waals surface area contributed by atoms with E-state index in [9.17, 15) is 18.7 Å². The van der Waals surface area contributed by atoms with E-state index in [0.717, 1.165) is 0 Å². The van der Waals surface area contributed by atoms with E-state index in [0.29, 0.717) is 0 Å². The lowest BCUT2D eigenvalue weighted by atomic mass is 10.0. The Bertz CT molecular complexity index is 410. The molecule has 0 amide bonds. The van der Waals surface area contributed by atoms with Crippen LogP contribution < -0.4 is 0 Å². The highest BCUT2D eigenvalue weighted by atomic mass is 35.5. The summed E-state index contributed by atoms with van der Waals surface area (Å²) in [5, 5.41) is 9.41. The summed E-state index contributed by atoms with van der Waals surface area (Å²) in [6, 6.07) is 3.87. The SMILES string of the molecule is CCOC(=O)C(O)c1cccc(Cl)c1C(F)F. The van der Waals surface area contributed by atoms with Crippen molar-refractivity contribution in [1.29, 1.82) is 0 Å². The van der Waals surface area contributed by atoms with E-state index in [1.54, 1.807) is 6.92 Å². The van der Waals surface area contributed by atoms with E-state index in [1.165, 1.54) is 18.2 Å². The zero-order valence-corrected chi connectivity index (χ0v) is 9.75. The van der Waals surface area contributed by atoms with Crippen molar-refractivity contribution >= 4 is 17.6 Å². The van der Waals surface area contributed by atoms with Crippen LogP contribution in [0.2, 0.25) is 5.02 Å². The van der Waals surface area contributed by atoms with Crippen LogP contribution in [0.5, 0.6) is 0 Å². The summed E-state index contributed by atoms with van der Waals surface area (Å²) in [4.78, 5) is 11.3. The fraction of sp³-hybridized carbons (Fsp3) is 0.364. The van der Waals surface area contributed by atoms with Crippen molar-refractivity contribution < 1.29 is 23.4 Å². The van der Waals surface area contributed by atoms with Gasteiger partial charge in [-0.3, -0.25) is 0 Å². The van der Waals surface area contributed by atoms with Crippen LogP contribution in [0.4, 0.5) is 8.78 Å². The van der Waals surface area contributed by atoms with Gasteiger partial charge in [-0.05, 0) is 13.0 Å². The maximum absolute atomic E-state index is 12.8. The number of carbonyl (C=O) groups is 1. The number of hydrogen-bond donors (Lipinski definition) is 1. The average Bonchev–Trinajstić information content (AvgIpc) is 2.27. The van der Waals surface area contributed by atoms with Gasteiger partial charge in [0.05, 0.1) is 6.61 Å². The quantitative estimate of drug-likeness (QED) is 0.851. The number of esters is 1. The third-order valence-electron chi connectivity index (χ3n) is 2.11. The predicted octanol–water partition coefficient (Wildman–Crippen LogP) is 2.87. The summed E-state index contributed by atoms with van der Waals surface area (Å²) in [7, 11) is 0. The summed E-state index contributed by atoms with van der Waals surface area (Å²) < 4.78 is 30.1. The lowest BCUT2D eigenvalue weighted by Gasteiger charge is -2.15. The Labute approximate surface area is 102 Å². The molecule has 0 fully saturated rings. The van der Waals surface area contributed by atoms with Gasteiger partial charge in [0.2, 0.25) is 0 Å². The third-order valence-corrected chi connectivity index (χ3v) is 2.44. The van der Waals surface area contributed by atoms with Gasteiger partial charge in [0.1, 0.15) is 0 Å². The van der Waals surface area contributed by atoms with E-state index in [2.05, 4.69) is 4.74 Å². The number of ether oxygens (including phenoxy) is 1. The molecule has 0 radical (unpaired) electrons. The Kier molecular flexibility index (Phi) is 4.84. The molecule has 0 bridgehead atoms. The molecule has 0 heterocycles. The van der Waals surface area contributed by atoms with Gasteiger partial charge >= 0.3 is 5.97 Å². The number of benzene rings is 1. The zero-order chi connectivity index (χ0) is 13.0. The van der Waals surface area contributed by atoms with Gasteiger partial charge < -0.3 is 9.84 Å². The van der Waals surface area contributed by atoms with Crippen molar-refractivity contribution in [2.45, 2.75) is 19.5 Å². The Hall–Kier alpha value is -1.20. The van der Waals surface area contributed by atoms with Gasteiger partial charge in [-0.2, -0.15) is 0 Å². The minimum absolute atomic E-state index is 0.0560. The van der Waals surface area contributed by atoms with E-state index >= 15 is 0 Å². The van der Waals surface area contributed by atoms with Crippen LogP contribution in [0, 0.1) is 0 Å². The van der Waals surface area contributed by atoms with Gasteiger partial charge in [0.25, 0.3) is 6.43 Å². The van der Waals surface area contributed by atoms with Gasteiger partial charge in [0, 0.05) is 16.1 Å². The van der Waals surface area contributed by atoms with Crippen molar-refractivity contribution in [3.8, 4) is 0 Å². The van der Waals surface area contributed by atoms with Crippen LogP contribution in [-0.2, 0) is 9.53 Å². The second-order valence-corrected chi connectivity index (χ2v) is 3.61. The smallest absolute Gasteiger partial charge is 0.339 e. The largest absolute Gasteiger partial charge is 0.464 e. The van der Waals surface area contributed by atoms with Crippen LogP contribution in [-0.4, -0.2) is 17.7 Å². The first-order valence-electron chi connectivity index (χ1n) is 4.90. The number of hydrogen-bond acceptors (Lipinski definition) is 3. The summed E-state index contributed by atoms with van der Waals surface area (Å²) in [5.74, 6) is -0.975. The average molecular weight is 265 g/mol. The monoisotopic (exact) mass is 264 g/mol. The van der Waals surface area contributed by atoms with Crippen LogP contribution in [0.15, 0.2) is 18.2 Å². The van der Waals surface area contributed by atoms with Crippen molar-refractivity contribution in [1.82, 2.24) is 0 Å². The molecule has 1 aromatic rings. The van der Waals surface area contributed by atoms with E-state index in [-0.39, 0.29) is 17.2 Å². The number of aliphatic hydroxyl groups is 1. The van der Waals surface area contributed by atoms with Crippen LogP contribution in [0.25, 0.3) is 0 Å². The molecule has 1 N–H and O–H groups in total. The number of rotatable bonds is 4. The summed E-state index contributed by atoms with van der Waals surface area (Å²) >= 11 is 5.61. The molecule has 3 nitrogen and oxygen atoms in total. The molecular formula is C11H11ClF2O3. The molecule has 0 aliphatic carbocycles. The number of carbonyl (C=O) groups excluding carboxylic acids is 1. The maximum Gasteiger partial charge on any atom is 0.339 e. The summed E-state index contributed by atoms with van der Waals surface area (Å²) in [6.07, 6.45) is -4.62. The Balaban J connectivity index is 3.13. The number of alkyl halides is 2. The van der Waals surface area contributed by atoms with Crippen molar-refractivity contribution in [2.24, 2.45) is 0 Å². The van der Waals surface area contributed by atoms with E-state index in [1.807, 2.05) is 0 Å². The molecule has 0 saturated heterocycles. The number of aliphatic hydroxyl groups excluding tert-OH is 1. The third kappa shape index (κ3) is 3.14. The summed E-state index contributed by atoms with van der Waals surface area (Å²) in [6.45, 7) is 1.61. The first-order chi connectivity index (χ1) is 7.99. The van der Waals surface area contributed by atoms with Crippen LogP contribution in [0.3, 0.4) is 0 Å². The van der Waals surface area contributed by atoms with Crippen molar-refractivity contribution in [2.75, 3.05) is 6.61 Å². The molecule has 94 valence electrons. The maximum atomic E-state index is 12.8. The highest BCUT2D eigenvalue weighted by Crippen LogP contribution is 2.33. The Morgan fingerprint density at radius 1 is 1.53 bits per heavy atom. The molecule has 0 aliphatic heterocycles. The topological polar surface area (TPSA) is 46.5 Å².